The van der Waals surface area contributed by atoms with Gasteiger partial charge in [-0.05, 0) is 46.5 Å². The Morgan fingerprint density at radius 3 is 2.46 bits per heavy atom. The van der Waals surface area contributed by atoms with Crippen molar-refractivity contribution in [3.63, 3.8) is 0 Å². The van der Waals surface area contributed by atoms with Gasteiger partial charge in [0.2, 0.25) is 0 Å². The van der Waals surface area contributed by atoms with Crippen LogP contribution in [0.4, 0.5) is 8.78 Å². The van der Waals surface area contributed by atoms with Crippen LogP contribution in [0.3, 0.4) is 0 Å². The molecule has 3 rings (SSSR count). The van der Waals surface area contributed by atoms with Crippen LogP contribution in [-0.4, -0.2) is 15.2 Å². The normalized spacial score (nSPS) is 12.7. The first-order valence-corrected chi connectivity index (χ1v) is 9.55. The fraction of sp³-hybridized carbons (Fsp3) is 0.286. The molecular weight excluding hydrogens is 398 g/mol. The molecule has 0 aliphatic carbocycles. The number of hydrogen-bond donors (Lipinski definition) is 0. The lowest BCUT2D eigenvalue weighted by Crippen LogP contribution is -2.30. The molecule has 136 valence electrons. The van der Waals surface area contributed by atoms with Crippen molar-refractivity contribution in [1.82, 2.24) is 4.57 Å². The predicted molar refractivity (Wildman–Crippen MR) is 107 cm³/mol. The smallest absolute Gasteiger partial charge is 0.296 e. The predicted octanol–water partition coefficient (Wildman–Crippen LogP) is 6.42. The second-order valence-electron chi connectivity index (χ2n) is 6.26. The summed E-state index contributed by atoms with van der Waals surface area (Å²) >= 11 is 2.54. The third kappa shape index (κ3) is 4.21. The lowest BCUT2D eigenvalue weighted by molar-refractivity contribution is 0.188. The highest BCUT2D eigenvalue weighted by atomic mass is 79.9. The van der Waals surface area contributed by atoms with Crippen molar-refractivity contribution < 1.29 is 8.78 Å². The number of aryl methyl sites for hydroxylation is 1. The summed E-state index contributed by atoms with van der Waals surface area (Å²) in [4.78, 5) is 1.09. The van der Waals surface area contributed by atoms with Gasteiger partial charge in [-0.2, -0.15) is 8.78 Å². The van der Waals surface area contributed by atoms with Crippen molar-refractivity contribution in [2.24, 2.45) is 4.99 Å². The van der Waals surface area contributed by atoms with Gasteiger partial charge in [0.05, 0.1) is 12.1 Å². The first-order valence-electron chi connectivity index (χ1n) is 8.76. The van der Waals surface area contributed by atoms with Crippen LogP contribution in [0.2, 0.25) is 0 Å². The van der Waals surface area contributed by atoms with Gasteiger partial charge in [0.1, 0.15) is 0 Å². The molecule has 3 aromatic rings. The van der Waals surface area contributed by atoms with Crippen LogP contribution in [0.1, 0.15) is 31.0 Å². The molecule has 0 spiro atoms. The fourth-order valence-electron chi connectivity index (χ4n) is 3.04. The summed E-state index contributed by atoms with van der Waals surface area (Å²) in [7, 11) is 0. The zero-order chi connectivity index (χ0) is 18.6. The van der Waals surface area contributed by atoms with E-state index in [-0.39, 0.29) is 12.4 Å². The zero-order valence-corrected chi connectivity index (χ0v) is 16.2. The van der Waals surface area contributed by atoms with Crippen LogP contribution in [0, 0.1) is 0 Å². The first-order chi connectivity index (χ1) is 12.5. The molecule has 2 nitrogen and oxygen atoms in total. The second-order valence-corrected chi connectivity index (χ2v) is 7.25. The summed E-state index contributed by atoms with van der Waals surface area (Å²) in [6, 6.07) is 19.0. The van der Waals surface area contributed by atoms with Gasteiger partial charge < -0.3 is 0 Å². The van der Waals surface area contributed by atoms with Crippen molar-refractivity contribution in [1.29, 1.82) is 0 Å². The van der Waals surface area contributed by atoms with E-state index >= 15 is 0 Å². The molecule has 1 aromatic heterocycles. The lowest BCUT2D eigenvalue weighted by atomic mass is 10.2. The first kappa shape index (κ1) is 18.8. The quantitative estimate of drug-likeness (QED) is 0.249. The third-order valence-corrected chi connectivity index (χ3v) is 4.65. The number of aliphatic imine (C=N–C) groups is 1. The largest absolute Gasteiger partial charge is 0.358 e. The maximum atomic E-state index is 14.4. The van der Waals surface area contributed by atoms with Gasteiger partial charge in [-0.15, -0.1) is 0 Å². The molecule has 0 amide bonds. The Kier molecular flexibility index (Phi) is 5.87. The van der Waals surface area contributed by atoms with Gasteiger partial charge >= 0.3 is 4.83 Å². The van der Waals surface area contributed by atoms with E-state index < -0.39 is 4.83 Å². The van der Waals surface area contributed by atoms with E-state index in [4.69, 9.17) is 0 Å². The van der Waals surface area contributed by atoms with Crippen molar-refractivity contribution in [3.05, 3.63) is 71.9 Å². The second kappa shape index (κ2) is 8.12. The van der Waals surface area contributed by atoms with Crippen LogP contribution in [0.5, 0.6) is 0 Å². The average molecular weight is 419 g/mol. The van der Waals surface area contributed by atoms with Gasteiger partial charge in [-0.25, -0.2) is 0 Å². The molecule has 2 aromatic carbocycles. The van der Waals surface area contributed by atoms with Crippen LogP contribution in [0.15, 0.2) is 65.7 Å². The number of rotatable bonds is 6. The maximum absolute atomic E-state index is 14.4. The topological polar surface area (TPSA) is 17.3 Å². The highest BCUT2D eigenvalue weighted by Gasteiger charge is 2.35. The molecule has 0 atom stereocenters. The summed E-state index contributed by atoms with van der Waals surface area (Å²) in [6.07, 6.45) is 2.68. The van der Waals surface area contributed by atoms with Crippen molar-refractivity contribution in [2.45, 2.75) is 37.6 Å². The van der Waals surface area contributed by atoms with E-state index in [9.17, 15) is 8.78 Å². The monoisotopic (exact) mass is 418 g/mol. The van der Waals surface area contributed by atoms with E-state index in [2.05, 4.69) is 27.8 Å². The Labute approximate surface area is 160 Å². The molecule has 1 heterocycles. The van der Waals surface area contributed by atoms with Gasteiger partial charge in [-0.3, -0.25) is 9.56 Å². The molecule has 0 unspecified atom stereocenters. The number of nitrogens with zero attached hydrogens (tertiary/aromatic N) is 2. The molecular formula is C21H21BrF2N2. The highest BCUT2D eigenvalue weighted by Crippen LogP contribution is 2.30. The molecule has 0 aliphatic heterocycles. The minimum atomic E-state index is -3.22. The number of unbranched alkanes of at least 4 members (excludes halogenated alkanes) is 1. The molecule has 26 heavy (non-hydrogen) atoms. The Bertz CT molecular complexity index is 895. The number of hydrogen-bond acceptors (Lipinski definition) is 1. The molecule has 0 radical (unpaired) electrons. The minimum Gasteiger partial charge on any atom is -0.296 e. The molecule has 0 bridgehead atoms. The number of para-hydroxylation sites is 1. The van der Waals surface area contributed by atoms with E-state index in [1.165, 1.54) is 0 Å². The number of benzene rings is 2. The summed E-state index contributed by atoms with van der Waals surface area (Å²) in [5.41, 5.74) is 2.51. The van der Waals surface area contributed by atoms with E-state index in [0.29, 0.717) is 0 Å². The van der Waals surface area contributed by atoms with Gasteiger partial charge in [0.25, 0.3) is 0 Å². The van der Waals surface area contributed by atoms with Crippen molar-refractivity contribution in [2.75, 3.05) is 0 Å². The number of halogens is 3. The zero-order valence-electron chi connectivity index (χ0n) is 14.6. The molecule has 0 aliphatic rings. The summed E-state index contributed by atoms with van der Waals surface area (Å²) in [5.74, 6) is -0.270. The SMILES string of the molecule is CCCCc1cc2ccccc2n1C(=NCc1ccccc1)C(F)(F)Br. The average Bonchev–Trinajstić information content (AvgIpc) is 2.98. The lowest BCUT2D eigenvalue weighted by Gasteiger charge is -2.18. The molecule has 5 heteroatoms. The summed E-state index contributed by atoms with van der Waals surface area (Å²) in [6.45, 7) is 2.30. The van der Waals surface area contributed by atoms with E-state index in [0.717, 1.165) is 41.4 Å². The molecule has 0 N–H and O–H groups in total. The Morgan fingerprint density at radius 1 is 1.08 bits per heavy atom. The van der Waals surface area contributed by atoms with Gasteiger partial charge in [0, 0.05) is 11.1 Å². The van der Waals surface area contributed by atoms with Crippen LogP contribution in [-0.2, 0) is 13.0 Å². The molecule has 0 saturated heterocycles. The fourth-order valence-corrected chi connectivity index (χ4v) is 3.34. The molecule has 0 saturated carbocycles. The minimum absolute atomic E-state index is 0.205. The van der Waals surface area contributed by atoms with Crippen molar-refractivity contribution >= 4 is 32.7 Å². The number of fused-ring (bicyclic) bond motifs is 1. The Balaban J connectivity index is 2.11. The van der Waals surface area contributed by atoms with Gasteiger partial charge in [0.15, 0.2) is 5.84 Å². The summed E-state index contributed by atoms with van der Waals surface area (Å²) < 4.78 is 30.5. The number of aromatic nitrogens is 1. The third-order valence-electron chi connectivity index (χ3n) is 4.29. The Hall–Kier alpha value is -2.01. The van der Waals surface area contributed by atoms with Crippen LogP contribution in [0.25, 0.3) is 10.9 Å². The van der Waals surface area contributed by atoms with E-state index in [1.54, 1.807) is 4.57 Å². The van der Waals surface area contributed by atoms with Crippen LogP contribution >= 0.6 is 15.9 Å². The standard InChI is InChI=1S/C21H21BrF2N2/c1-2-3-12-18-14-17-11-7-8-13-19(17)26(18)20(21(22,23)24)25-15-16-9-5-4-6-10-16/h4-11,13-14H,2-3,12,15H2,1H3. The van der Waals surface area contributed by atoms with Crippen molar-refractivity contribution in [3.8, 4) is 0 Å². The molecule has 0 fully saturated rings. The highest BCUT2D eigenvalue weighted by molar-refractivity contribution is 9.10. The Morgan fingerprint density at radius 2 is 1.77 bits per heavy atom. The van der Waals surface area contributed by atoms with E-state index in [1.807, 2.05) is 60.7 Å². The maximum Gasteiger partial charge on any atom is 0.358 e. The number of alkyl halides is 3. The summed E-state index contributed by atoms with van der Waals surface area (Å²) in [5, 5.41) is 0.947. The van der Waals surface area contributed by atoms with Crippen LogP contribution < -0.4 is 0 Å². The van der Waals surface area contributed by atoms with Gasteiger partial charge in [-0.1, -0.05) is 61.9 Å².